The molecule has 0 saturated heterocycles. The monoisotopic (exact) mass is 309 g/mol. The maximum atomic E-state index is 13.3. The summed E-state index contributed by atoms with van der Waals surface area (Å²) in [6.07, 6.45) is 1.63. The van der Waals surface area contributed by atoms with E-state index in [1.165, 1.54) is 12.1 Å². The summed E-state index contributed by atoms with van der Waals surface area (Å²) in [5, 5.41) is 0. The van der Waals surface area contributed by atoms with Crippen LogP contribution in [-0.2, 0) is 0 Å². The third-order valence-corrected chi connectivity index (χ3v) is 3.57. The van der Waals surface area contributed by atoms with E-state index in [2.05, 4.69) is 20.9 Å². The van der Waals surface area contributed by atoms with Crippen molar-refractivity contribution >= 4 is 21.7 Å². The first-order chi connectivity index (χ1) is 8.50. The normalized spacial score (nSPS) is 12.4. The van der Waals surface area contributed by atoms with Crippen molar-refractivity contribution in [2.75, 3.05) is 5.73 Å². The van der Waals surface area contributed by atoms with Crippen molar-refractivity contribution < 1.29 is 4.39 Å². The van der Waals surface area contributed by atoms with E-state index >= 15 is 0 Å². The molecule has 1 atom stereocenters. The number of aryl methyl sites for hydroxylation is 1. The lowest BCUT2D eigenvalue weighted by molar-refractivity contribution is 0.623. The number of rotatable bonds is 2. The van der Waals surface area contributed by atoms with Gasteiger partial charge in [-0.25, -0.2) is 9.37 Å². The summed E-state index contributed by atoms with van der Waals surface area (Å²) in [7, 11) is 0. The molecule has 5 heteroatoms. The van der Waals surface area contributed by atoms with E-state index in [0.29, 0.717) is 11.4 Å². The lowest BCUT2D eigenvalue weighted by Gasteiger charge is -2.18. The highest BCUT2D eigenvalue weighted by molar-refractivity contribution is 9.10. The van der Waals surface area contributed by atoms with Crippen LogP contribution in [0.4, 0.5) is 10.2 Å². The second kappa shape index (κ2) is 5.04. The van der Waals surface area contributed by atoms with Crippen LogP contribution in [0.25, 0.3) is 0 Å². The van der Waals surface area contributed by atoms with Gasteiger partial charge in [-0.2, -0.15) is 0 Å². The van der Waals surface area contributed by atoms with Crippen molar-refractivity contribution in [2.24, 2.45) is 5.73 Å². The predicted molar refractivity (Wildman–Crippen MR) is 73.5 cm³/mol. The lowest BCUT2D eigenvalue weighted by Crippen LogP contribution is -2.17. The fourth-order valence-corrected chi connectivity index (χ4v) is 2.40. The SMILES string of the molecule is Cc1ccnc(N)c1C(N)c1cc(F)ccc1Br. The lowest BCUT2D eigenvalue weighted by atomic mass is 9.96. The molecule has 4 N–H and O–H groups in total. The summed E-state index contributed by atoms with van der Waals surface area (Å²) >= 11 is 3.37. The average molecular weight is 310 g/mol. The number of aromatic nitrogens is 1. The van der Waals surface area contributed by atoms with Crippen LogP contribution in [0.5, 0.6) is 0 Å². The Bertz CT molecular complexity index is 566. The first-order valence-corrected chi connectivity index (χ1v) is 6.21. The van der Waals surface area contributed by atoms with Gasteiger partial charge < -0.3 is 11.5 Å². The molecule has 2 aromatic rings. The number of nitrogens with zero attached hydrogens (tertiary/aromatic N) is 1. The Labute approximate surface area is 113 Å². The minimum absolute atomic E-state index is 0.330. The van der Waals surface area contributed by atoms with Crippen LogP contribution >= 0.6 is 15.9 Å². The first-order valence-electron chi connectivity index (χ1n) is 5.42. The highest BCUT2D eigenvalue weighted by Crippen LogP contribution is 2.31. The molecule has 0 amide bonds. The Balaban J connectivity index is 2.54. The Morgan fingerprint density at radius 2 is 2.06 bits per heavy atom. The van der Waals surface area contributed by atoms with Crippen molar-refractivity contribution in [3.8, 4) is 0 Å². The molecule has 1 heterocycles. The number of nitrogen functional groups attached to an aromatic ring is 1. The van der Waals surface area contributed by atoms with Crippen molar-refractivity contribution in [2.45, 2.75) is 13.0 Å². The molecule has 0 spiro atoms. The summed E-state index contributed by atoms with van der Waals surface area (Å²) in [5.41, 5.74) is 14.3. The van der Waals surface area contributed by atoms with Gasteiger partial charge in [-0.15, -0.1) is 0 Å². The number of benzene rings is 1. The van der Waals surface area contributed by atoms with Crippen LogP contribution in [0.1, 0.15) is 22.7 Å². The van der Waals surface area contributed by atoms with Gasteiger partial charge in [0.25, 0.3) is 0 Å². The maximum absolute atomic E-state index is 13.3. The molecule has 0 aliphatic carbocycles. The Kier molecular flexibility index (Phi) is 3.63. The summed E-state index contributed by atoms with van der Waals surface area (Å²) in [4.78, 5) is 4.03. The van der Waals surface area contributed by atoms with E-state index in [4.69, 9.17) is 11.5 Å². The van der Waals surface area contributed by atoms with Gasteiger partial charge in [-0.05, 0) is 42.3 Å². The van der Waals surface area contributed by atoms with E-state index in [9.17, 15) is 4.39 Å². The molecule has 0 radical (unpaired) electrons. The van der Waals surface area contributed by atoms with Gasteiger partial charge in [-0.1, -0.05) is 15.9 Å². The number of halogens is 2. The molecule has 1 aromatic carbocycles. The zero-order chi connectivity index (χ0) is 13.3. The van der Waals surface area contributed by atoms with E-state index in [1.807, 2.05) is 13.0 Å². The molecule has 1 aromatic heterocycles. The van der Waals surface area contributed by atoms with E-state index in [0.717, 1.165) is 15.6 Å². The molecule has 0 bridgehead atoms. The smallest absolute Gasteiger partial charge is 0.128 e. The number of hydrogen-bond acceptors (Lipinski definition) is 3. The second-order valence-electron chi connectivity index (χ2n) is 4.07. The molecular weight excluding hydrogens is 297 g/mol. The van der Waals surface area contributed by atoms with Crippen LogP contribution in [0, 0.1) is 12.7 Å². The molecule has 0 aliphatic rings. The van der Waals surface area contributed by atoms with Gasteiger partial charge in [0.15, 0.2) is 0 Å². The third-order valence-electron chi connectivity index (χ3n) is 2.84. The van der Waals surface area contributed by atoms with E-state index in [1.54, 1.807) is 12.3 Å². The predicted octanol–water partition coefficient (Wildman–Crippen LogP) is 2.92. The summed E-state index contributed by atoms with van der Waals surface area (Å²) in [5.74, 6) is 0.0439. The van der Waals surface area contributed by atoms with Gasteiger partial charge in [0.05, 0.1) is 6.04 Å². The van der Waals surface area contributed by atoms with Crippen molar-refractivity contribution in [1.82, 2.24) is 4.98 Å². The fraction of sp³-hybridized carbons (Fsp3) is 0.154. The molecule has 18 heavy (non-hydrogen) atoms. The Morgan fingerprint density at radius 3 is 2.72 bits per heavy atom. The summed E-state index contributed by atoms with van der Waals surface area (Å²) in [6, 6.07) is 5.73. The number of anilines is 1. The molecule has 2 rings (SSSR count). The molecule has 0 aliphatic heterocycles. The van der Waals surface area contributed by atoms with Crippen LogP contribution in [0.15, 0.2) is 34.9 Å². The Morgan fingerprint density at radius 1 is 1.33 bits per heavy atom. The maximum Gasteiger partial charge on any atom is 0.128 e. The van der Waals surface area contributed by atoms with Crippen LogP contribution in [-0.4, -0.2) is 4.98 Å². The van der Waals surface area contributed by atoms with Crippen molar-refractivity contribution in [3.05, 3.63) is 57.4 Å². The second-order valence-corrected chi connectivity index (χ2v) is 4.92. The highest BCUT2D eigenvalue weighted by Gasteiger charge is 2.18. The van der Waals surface area contributed by atoms with E-state index in [-0.39, 0.29) is 5.82 Å². The quantitative estimate of drug-likeness (QED) is 0.896. The minimum atomic E-state index is -0.510. The summed E-state index contributed by atoms with van der Waals surface area (Å²) < 4.78 is 14.1. The van der Waals surface area contributed by atoms with Crippen LogP contribution < -0.4 is 11.5 Å². The zero-order valence-corrected chi connectivity index (χ0v) is 11.4. The van der Waals surface area contributed by atoms with E-state index < -0.39 is 6.04 Å². The highest BCUT2D eigenvalue weighted by atomic mass is 79.9. The largest absolute Gasteiger partial charge is 0.383 e. The molecular formula is C13H13BrFN3. The van der Waals surface area contributed by atoms with Gasteiger partial charge in [0.1, 0.15) is 11.6 Å². The molecule has 0 saturated carbocycles. The van der Waals surface area contributed by atoms with Gasteiger partial charge in [0, 0.05) is 16.2 Å². The fourth-order valence-electron chi connectivity index (χ4n) is 1.90. The number of hydrogen-bond donors (Lipinski definition) is 2. The third kappa shape index (κ3) is 2.37. The van der Waals surface area contributed by atoms with Gasteiger partial charge in [-0.3, -0.25) is 0 Å². The minimum Gasteiger partial charge on any atom is -0.383 e. The molecule has 0 fully saturated rings. The first kappa shape index (κ1) is 13.0. The van der Waals surface area contributed by atoms with Gasteiger partial charge in [0.2, 0.25) is 0 Å². The molecule has 1 unspecified atom stereocenters. The molecule has 94 valence electrons. The van der Waals surface area contributed by atoms with Gasteiger partial charge >= 0.3 is 0 Å². The van der Waals surface area contributed by atoms with Crippen molar-refractivity contribution in [3.63, 3.8) is 0 Å². The average Bonchev–Trinajstić information content (AvgIpc) is 2.32. The zero-order valence-electron chi connectivity index (χ0n) is 9.82. The van der Waals surface area contributed by atoms with Crippen molar-refractivity contribution in [1.29, 1.82) is 0 Å². The van der Waals surface area contributed by atoms with Crippen LogP contribution in [0.2, 0.25) is 0 Å². The topological polar surface area (TPSA) is 64.9 Å². The summed E-state index contributed by atoms with van der Waals surface area (Å²) in [6.45, 7) is 1.90. The standard InChI is InChI=1S/C13H13BrFN3/c1-7-4-5-18-13(17)11(7)12(16)9-6-8(15)2-3-10(9)14/h2-6,12H,16H2,1H3,(H2,17,18). The number of nitrogens with two attached hydrogens (primary N) is 2. The molecule has 3 nitrogen and oxygen atoms in total. The van der Waals surface area contributed by atoms with Crippen LogP contribution in [0.3, 0.4) is 0 Å². The number of pyridine rings is 1. The Hall–Kier alpha value is -1.46.